The molecule has 0 spiro atoms. The number of aliphatic hydroxyl groups excluding tert-OH is 1. The van der Waals surface area contributed by atoms with Crippen LogP contribution in [-0.2, 0) is 86.5 Å². The quantitative estimate of drug-likeness (QED) is 0.0271. The number of aliphatic hydroxyl groups is 1. The minimum atomic E-state index is -1.75. The number of nitrogens with one attached hydrogen (secondary N) is 2. The molecule has 0 bridgehead atoms. The zero-order chi connectivity index (χ0) is 68.2. The Bertz CT molecular complexity index is 2440. The average molecular weight is 1330 g/mol. The zero-order valence-corrected chi connectivity index (χ0v) is 58.3. The van der Waals surface area contributed by atoms with Crippen molar-refractivity contribution in [2.75, 3.05) is 6.61 Å². The van der Waals surface area contributed by atoms with E-state index >= 15 is 0 Å². The third-order valence-corrected chi connectivity index (χ3v) is 17.5. The molecule has 17 heteroatoms. The van der Waals surface area contributed by atoms with Crippen LogP contribution in [0, 0.1) is 0 Å². The zero-order valence-electron chi connectivity index (χ0n) is 58.3. The van der Waals surface area contributed by atoms with Crippen molar-refractivity contribution in [1.29, 1.82) is 0 Å². The second kappa shape index (κ2) is 52.9. The van der Waals surface area contributed by atoms with Gasteiger partial charge in [-0.15, -0.1) is 0 Å². The summed E-state index contributed by atoms with van der Waals surface area (Å²) >= 11 is 0. The number of rotatable bonds is 56. The number of benzene rings is 3. The van der Waals surface area contributed by atoms with Gasteiger partial charge >= 0.3 is 29.8 Å². The van der Waals surface area contributed by atoms with Gasteiger partial charge < -0.3 is 48.9 Å². The summed E-state index contributed by atoms with van der Waals surface area (Å²) in [6.07, 6.45) is 26.4. The first-order valence-corrected chi connectivity index (χ1v) is 36.9. The van der Waals surface area contributed by atoms with Gasteiger partial charge in [0.1, 0.15) is 50.7 Å². The molecule has 532 valence electrons. The van der Waals surface area contributed by atoms with Crippen molar-refractivity contribution in [3.63, 3.8) is 0 Å². The van der Waals surface area contributed by atoms with Gasteiger partial charge in [-0.25, -0.2) is 4.79 Å². The fourth-order valence-electron chi connectivity index (χ4n) is 11.8. The van der Waals surface area contributed by atoms with Gasteiger partial charge in [0.05, 0.1) is 25.4 Å². The molecule has 1 saturated heterocycles. The summed E-state index contributed by atoms with van der Waals surface area (Å²) in [5.41, 5.74) is 2.14. The summed E-state index contributed by atoms with van der Waals surface area (Å²) in [6, 6.07) is 24.3. The molecule has 6 atom stereocenters. The Hall–Kier alpha value is -6.17. The minimum Gasteiger partial charge on any atom is -0.463 e. The highest BCUT2D eigenvalue weighted by Gasteiger charge is 2.50. The Morgan fingerprint density at radius 1 is 0.421 bits per heavy atom. The first-order valence-electron chi connectivity index (χ1n) is 36.9. The minimum absolute atomic E-state index is 0.00154. The summed E-state index contributed by atoms with van der Waals surface area (Å²) in [5.74, 6) is -4.80. The molecule has 1 fully saturated rings. The molecule has 0 unspecified atom stereocenters. The molecule has 1 aliphatic heterocycles. The van der Waals surface area contributed by atoms with Crippen LogP contribution in [0.2, 0.25) is 0 Å². The lowest BCUT2D eigenvalue weighted by molar-refractivity contribution is -0.286. The molecule has 95 heavy (non-hydrogen) atoms. The van der Waals surface area contributed by atoms with Crippen molar-refractivity contribution in [3.8, 4) is 0 Å². The topological polar surface area (TPSA) is 228 Å². The predicted molar refractivity (Wildman–Crippen MR) is 370 cm³/mol. The lowest BCUT2D eigenvalue weighted by atomic mass is 9.95. The van der Waals surface area contributed by atoms with Crippen LogP contribution in [0.1, 0.15) is 288 Å². The van der Waals surface area contributed by atoms with Gasteiger partial charge in [-0.1, -0.05) is 304 Å². The Morgan fingerprint density at radius 2 is 0.779 bits per heavy atom. The van der Waals surface area contributed by atoms with Crippen molar-refractivity contribution in [1.82, 2.24) is 10.6 Å². The molecule has 2 amide bonds. The second-order valence-corrected chi connectivity index (χ2v) is 26.0. The fourth-order valence-corrected chi connectivity index (χ4v) is 11.8. The van der Waals surface area contributed by atoms with E-state index in [-0.39, 0.29) is 39.1 Å². The summed E-state index contributed by atoms with van der Waals surface area (Å²) in [5, 5.41) is 18.1. The fraction of sp³-hybridized carbons (Fsp3) is 0.679. The van der Waals surface area contributed by atoms with Gasteiger partial charge in [-0.3, -0.25) is 28.8 Å². The number of unbranched alkanes of at least 4 members (excludes halogenated alkanes) is 30. The molecule has 3 aromatic rings. The molecule has 0 radical (unpaired) electrons. The van der Waals surface area contributed by atoms with Crippen LogP contribution in [0.15, 0.2) is 91.0 Å². The summed E-state index contributed by atoms with van der Waals surface area (Å²) in [4.78, 5) is 97.2. The maximum absolute atomic E-state index is 14.2. The average Bonchev–Trinajstić information content (AvgIpc) is 0.810. The number of hydrogen-bond acceptors (Lipinski definition) is 15. The van der Waals surface area contributed by atoms with Crippen LogP contribution >= 0.6 is 0 Å². The standard InChI is InChI=1S/C78H120N2O15/c1-4-7-10-13-16-19-22-25-28-31-43-52-68(81)79-66(77(88)92-60-64-50-41-36-42-51-64)57-73(86)91-61-67-75(87)76(95-70(83)54-45-33-30-27-24-21-18-15-12-9-6-3)74(80-69(82)53-44-32-29-26-23-20-17-14-11-8-5-2)78(94-67)93-65(55-71(84)89-58-62-46-37-34-38-47-62)56-72(85)90-59-63-48-39-35-40-49-63/h34-42,46-51,65-67,74-76,78,87H,4-33,43-45,52-61H2,1-3H3,(H,79,81)(H,80,82)/t66-,67+,74+,75+,76+,78-/m0/s1. The lowest BCUT2D eigenvalue weighted by Gasteiger charge is -2.44. The van der Waals surface area contributed by atoms with Crippen molar-refractivity contribution < 1.29 is 71.8 Å². The second-order valence-electron chi connectivity index (χ2n) is 26.0. The summed E-state index contributed by atoms with van der Waals surface area (Å²) < 4.78 is 42.1. The van der Waals surface area contributed by atoms with Crippen molar-refractivity contribution in [3.05, 3.63) is 108 Å². The van der Waals surface area contributed by atoms with E-state index in [0.29, 0.717) is 24.8 Å². The third-order valence-electron chi connectivity index (χ3n) is 17.5. The molecule has 1 aliphatic rings. The number of amides is 2. The maximum Gasteiger partial charge on any atom is 0.329 e. The van der Waals surface area contributed by atoms with Crippen LogP contribution < -0.4 is 10.6 Å². The molecule has 1 heterocycles. The maximum atomic E-state index is 14.2. The molecular formula is C78H120N2O15. The van der Waals surface area contributed by atoms with Gasteiger partial charge in [-0.2, -0.15) is 0 Å². The van der Waals surface area contributed by atoms with E-state index in [1.54, 1.807) is 48.5 Å². The van der Waals surface area contributed by atoms with Crippen LogP contribution in [0.25, 0.3) is 0 Å². The molecule has 17 nitrogen and oxygen atoms in total. The van der Waals surface area contributed by atoms with Crippen molar-refractivity contribution in [2.24, 2.45) is 0 Å². The van der Waals surface area contributed by atoms with Gasteiger partial charge in [0.15, 0.2) is 12.4 Å². The Morgan fingerprint density at radius 3 is 1.19 bits per heavy atom. The van der Waals surface area contributed by atoms with E-state index in [9.17, 15) is 38.7 Å². The van der Waals surface area contributed by atoms with E-state index in [0.717, 1.165) is 88.2 Å². The number of esters is 5. The Labute approximate surface area is 569 Å². The SMILES string of the molecule is CCCCCCCCCCCCCC(=O)N[C@H]1[C@@H](OC(CC(=O)OCc2ccccc2)CC(=O)OCc2ccccc2)O[C@H](COC(=O)C[C@H](NC(=O)CCCCCCCCCCCCC)C(=O)OCc2ccccc2)[C@@H](O)[C@@H]1OC(=O)CCCCCCCCCCCCC. The smallest absolute Gasteiger partial charge is 0.329 e. The normalized spacial score (nSPS) is 16.4. The highest BCUT2D eigenvalue weighted by molar-refractivity contribution is 5.88. The summed E-state index contributed by atoms with van der Waals surface area (Å²) in [7, 11) is 0. The van der Waals surface area contributed by atoms with Gasteiger partial charge in [0.25, 0.3) is 0 Å². The molecule has 0 aliphatic carbocycles. The van der Waals surface area contributed by atoms with Crippen LogP contribution in [0.5, 0.6) is 0 Å². The van der Waals surface area contributed by atoms with E-state index in [4.69, 9.17) is 33.2 Å². The summed E-state index contributed by atoms with van der Waals surface area (Å²) in [6.45, 7) is 5.68. The molecular weight excluding hydrogens is 1200 g/mol. The lowest BCUT2D eigenvalue weighted by Crippen LogP contribution is -2.66. The highest BCUT2D eigenvalue weighted by atomic mass is 16.7. The molecule has 0 aromatic heterocycles. The van der Waals surface area contributed by atoms with E-state index in [2.05, 4.69) is 31.4 Å². The third kappa shape index (κ3) is 39.0. The highest BCUT2D eigenvalue weighted by Crippen LogP contribution is 2.29. The number of carbonyl (C=O) groups excluding carboxylic acids is 7. The van der Waals surface area contributed by atoms with Crippen LogP contribution in [0.3, 0.4) is 0 Å². The van der Waals surface area contributed by atoms with Crippen LogP contribution in [-0.4, -0.2) is 96.2 Å². The predicted octanol–water partition coefficient (Wildman–Crippen LogP) is 16.4. The van der Waals surface area contributed by atoms with Gasteiger partial charge in [0, 0.05) is 19.3 Å². The number of ether oxygens (including phenoxy) is 7. The monoisotopic (exact) mass is 1320 g/mol. The molecule has 4 rings (SSSR count). The van der Waals surface area contributed by atoms with Gasteiger partial charge in [-0.05, 0) is 36.0 Å². The van der Waals surface area contributed by atoms with E-state index in [1.165, 1.54) is 116 Å². The van der Waals surface area contributed by atoms with E-state index < -0.39 is 110 Å². The van der Waals surface area contributed by atoms with Crippen molar-refractivity contribution in [2.45, 2.75) is 334 Å². The molecule has 3 aromatic carbocycles. The van der Waals surface area contributed by atoms with E-state index in [1.807, 2.05) is 42.5 Å². The largest absolute Gasteiger partial charge is 0.463 e. The van der Waals surface area contributed by atoms with Crippen LogP contribution in [0.4, 0.5) is 0 Å². The van der Waals surface area contributed by atoms with Crippen molar-refractivity contribution >= 4 is 41.7 Å². The first-order chi connectivity index (χ1) is 46.4. The Kier molecular flexibility index (Phi) is 45.3. The first kappa shape index (κ1) is 81.3. The van der Waals surface area contributed by atoms with Gasteiger partial charge in [0.2, 0.25) is 11.8 Å². The number of hydrogen-bond donors (Lipinski definition) is 3. The number of carbonyl (C=O) groups is 7. The Balaban J connectivity index is 1.59. The molecule has 3 N–H and O–H groups in total. The molecule has 0 saturated carbocycles.